The average Bonchev–Trinajstić information content (AvgIpc) is 3.17. The van der Waals surface area contributed by atoms with Gasteiger partial charge in [-0.15, -0.1) is 0 Å². The van der Waals surface area contributed by atoms with Gasteiger partial charge in [0.2, 0.25) is 0 Å². The predicted molar refractivity (Wildman–Crippen MR) is 110 cm³/mol. The Balaban J connectivity index is 1.67. The van der Waals surface area contributed by atoms with E-state index in [0.29, 0.717) is 17.7 Å². The lowest BCUT2D eigenvalue weighted by Crippen LogP contribution is -2.26. The standard InChI is InChI=1S/C23H19F2N3O2/c24-20-8-7-15(11-21(20)25)13-28-14-19-18(5-2-6-22(19)27-28)16-3-1-4-17(12-16)23(30)26-9-10-29/h1-8,11-12,14,29H,9-10,13H2,(H,26,30). The summed E-state index contributed by atoms with van der Waals surface area (Å²) < 4.78 is 28.3. The molecule has 1 aromatic heterocycles. The lowest BCUT2D eigenvalue weighted by molar-refractivity contribution is 0.0945. The second-order valence-electron chi connectivity index (χ2n) is 6.87. The van der Waals surface area contributed by atoms with Crippen LogP contribution in [0.5, 0.6) is 0 Å². The Kier molecular flexibility index (Phi) is 5.54. The predicted octanol–water partition coefficient (Wildman–Crippen LogP) is 3.75. The number of amides is 1. The van der Waals surface area contributed by atoms with Crippen LogP contribution >= 0.6 is 0 Å². The number of halogens is 2. The average molecular weight is 407 g/mol. The number of carbonyl (C=O) groups is 1. The maximum Gasteiger partial charge on any atom is 0.251 e. The second kappa shape index (κ2) is 8.42. The van der Waals surface area contributed by atoms with E-state index in [9.17, 15) is 13.6 Å². The van der Waals surface area contributed by atoms with Crippen LogP contribution in [-0.4, -0.2) is 33.9 Å². The molecule has 0 saturated carbocycles. The Labute approximate surface area is 171 Å². The fraction of sp³-hybridized carbons (Fsp3) is 0.130. The third-order valence-corrected chi connectivity index (χ3v) is 4.76. The summed E-state index contributed by atoms with van der Waals surface area (Å²) in [5.41, 5.74) is 3.61. The first-order valence-corrected chi connectivity index (χ1v) is 9.45. The summed E-state index contributed by atoms with van der Waals surface area (Å²) >= 11 is 0. The Morgan fingerprint density at radius 1 is 1.03 bits per heavy atom. The van der Waals surface area contributed by atoms with E-state index in [-0.39, 0.29) is 19.1 Å². The van der Waals surface area contributed by atoms with Crippen LogP contribution in [0.4, 0.5) is 8.78 Å². The molecular weight excluding hydrogens is 388 g/mol. The monoisotopic (exact) mass is 407 g/mol. The van der Waals surface area contributed by atoms with Crippen LogP contribution in [0.15, 0.2) is 66.9 Å². The summed E-state index contributed by atoms with van der Waals surface area (Å²) in [7, 11) is 0. The van der Waals surface area contributed by atoms with Crippen molar-refractivity contribution in [3.8, 4) is 11.1 Å². The highest BCUT2D eigenvalue weighted by atomic mass is 19.2. The zero-order chi connectivity index (χ0) is 21.1. The van der Waals surface area contributed by atoms with E-state index >= 15 is 0 Å². The molecule has 0 radical (unpaired) electrons. The number of nitrogens with zero attached hydrogens (tertiary/aromatic N) is 2. The van der Waals surface area contributed by atoms with Crippen LogP contribution in [0.25, 0.3) is 22.0 Å². The van der Waals surface area contributed by atoms with Crippen molar-refractivity contribution < 1.29 is 18.7 Å². The van der Waals surface area contributed by atoms with E-state index in [1.54, 1.807) is 22.9 Å². The molecule has 0 atom stereocenters. The lowest BCUT2D eigenvalue weighted by Gasteiger charge is -2.07. The second-order valence-corrected chi connectivity index (χ2v) is 6.87. The fourth-order valence-corrected chi connectivity index (χ4v) is 3.35. The van der Waals surface area contributed by atoms with E-state index in [1.807, 2.05) is 30.5 Å². The summed E-state index contributed by atoms with van der Waals surface area (Å²) in [6.07, 6.45) is 1.85. The minimum absolute atomic E-state index is 0.123. The smallest absolute Gasteiger partial charge is 0.251 e. The number of fused-ring (bicyclic) bond motifs is 1. The van der Waals surface area contributed by atoms with Crippen LogP contribution < -0.4 is 5.32 Å². The van der Waals surface area contributed by atoms with Crippen LogP contribution in [0.1, 0.15) is 15.9 Å². The van der Waals surface area contributed by atoms with Crippen LogP contribution in [0.3, 0.4) is 0 Å². The van der Waals surface area contributed by atoms with Crippen molar-refractivity contribution >= 4 is 16.8 Å². The van der Waals surface area contributed by atoms with Gasteiger partial charge >= 0.3 is 0 Å². The topological polar surface area (TPSA) is 67.2 Å². The van der Waals surface area contributed by atoms with Crippen LogP contribution in [-0.2, 0) is 6.54 Å². The zero-order valence-electron chi connectivity index (χ0n) is 16.0. The van der Waals surface area contributed by atoms with Gasteiger partial charge in [-0.05, 0) is 47.0 Å². The SMILES string of the molecule is O=C(NCCO)c1cccc(-c2cccc3nn(Cc4ccc(F)c(F)c4)cc23)c1. The molecular formula is C23H19F2N3O2. The molecule has 1 amide bonds. The molecule has 0 aliphatic heterocycles. The molecule has 152 valence electrons. The molecule has 30 heavy (non-hydrogen) atoms. The largest absolute Gasteiger partial charge is 0.395 e. The Bertz CT molecular complexity index is 1220. The molecule has 7 heteroatoms. The van der Waals surface area contributed by atoms with Gasteiger partial charge in [0.25, 0.3) is 5.91 Å². The maximum atomic E-state index is 13.5. The third kappa shape index (κ3) is 4.06. The van der Waals surface area contributed by atoms with E-state index < -0.39 is 11.6 Å². The fourth-order valence-electron chi connectivity index (χ4n) is 3.35. The van der Waals surface area contributed by atoms with Crippen molar-refractivity contribution in [3.63, 3.8) is 0 Å². The van der Waals surface area contributed by atoms with Gasteiger partial charge in [-0.25, -0.2) is 8.78 Å². The van der Waals surface area contributed by atoms with E-state index in [4.69, 9.17) is 5.11 Å². The summed E-state index contributed by atoms with van der Waals surface area (Å²) in [4.78, 5) is 12.2. The van der Waals surface area contributed by atoms with Crippen LogP contribution in [0, 0.1) is 11.6 Å². The number of benzene rings is 3. The van der Waals surface area contributed by atoms with Crippen molar-refractivity contribution in [2.24, 2.45) is 0 Å². The molecule has 0 aliphatic carbocycles. The number of rotatable bonds is 6. The van der Waals surface area contributed by atoms with E-state index in [1.165, 1.54) is 6.07 Å². The quantitative estimate of drug-likeness (QED) is 0.512. The molecule has 4 aromatic rings. The zero-order valence-corrected chi connectivity index (χ0v) is 16.0. The molecule has 3 aromatic carbocycles. The third-order valence-electron chi connectivity index (χ3n) is 4.76. The first kappa shape index (κ1) is 19.7. The summed E-state index contributed by atoms with van der Waals surface area (Å²) in [5.74, 6) is -2.03. The molecule has 0 saturated heterocycles. The van der Waals surface area contributed by atoms with Crippen molar-refractivity contribution in [2.45, 2.75) is 6.54 Å². The Morgan fingerprint density at radius 3 is 2.67 bits per heavy atom. The van der Waals surface area contributed by atoms with Crippen molar-refractivity contribution in [1.29, 1.82) is 0 Å². The van der Waals surface area contributed by atoms with Gasteiger partial charge in [-0.3, -0.25) is 9.48 Å². The highest BCUT2D eigenvalue weighted by Crippen LogP contribution is 2.29. The molecule has 0 unspecified atom stereocenters. The number of hydrogen-bond donors (Lipinski definition) is 2. The van der Waals surface area contributed by atoms with Crippen molar-refractivity contribution in [1.82, 2.24) is 15.1 Å². The van der Waals surface area contributed by atoms with Gasteiger partial charge in [0.05, 0.1) is 18.7 Å². The number of hydrogen-bond acceptors (Lipinski definition) is 3. The Hall–Kier alpha value is -3.58. The van der Waals surface area contributed by atoms with E-state index in [2.05, 4.69) is 10.4 Å². The van der Waals surface area contributed by atoms with Gasteiger partial charge in [0.1, 0.15) is 0 Å². The van der Waals surface area contributed by atoms with E-state index in [0.717, 1.165) is 34.2 Å². The van der Waals surface area contributed by atoms with Gasteiger partial charge in [0, 0.05) is 23.7 Å². The lowest BCUT2D eigenvalue weighted by atomic mass is 10.00. The molecule has 2 N–H and O–H groups in total. The summed E-state index contributed by atoms with van der Waals surface area (Å²) in [6.45, 7) is 0.367. The molecule has 0 fully saturated rings. The first-order chi connectivity index (χ1) is 14.5. The van der Waals surface area contributed by atoms with Gasteiger partial charge < -0.3 is 10.4 Å². The van der Waals surface area contributed by atoms with Gasteiger partial charge in [-0.2, -0.15) is 5.10 Å². The minimum atomic E-state index is -0.888. The van der Waals surface area contributed by atoms with Gasteiger partial charge in [0.15, 0.2) is 11.6 Å². The molecule has 0 spiro atoms. The summed E-state index contributed by atoms with van der Waals surface area (Å²) in [5, 5.41) is 16.9. The number of aromatic nitrogens is 2. The number of carbonyl (C=O) groups excluding carboxylic acids is 1. The van der Waals surface area contributed by atoms with Gasteiger partial charge in [-0.1, -0.05) is 30.3 Å². The molecule has 4 rings (SSSR count). The number of nitrogens with one attached hydrogen (secondary N) is 1. The molecule has 0 bridgehead atoms. The number of aliphatic hydroxyl groups excluding tert-OH is 1. The summed E-state index contributed by atoms with van der Waals surface area (Å²) in [6, 6.07) is 16.7. The normalized spacial score (nSPS) is 11.0. The first-order valence-electron chi connectivity index (χ1n) is 9.45. The maximum absolute atomic E-state index is 13.5. The van der Waals surface area contributed by atoms with Crippen molar-refractivity contribution in [3.05, 3.63) is 89.6 Å². The Morgan fingerprint density at radius 2 is 1.87 bits per heavy atom. The number of aliphatic hydroxyl groups is 1. The molecule has 5 nitrogen and oxygen atoms in total. The molecule has 1 heterocycles. The molecule has 0 aliphatic rings. The highest BCUT2D eigenvalue weighted by Gasteiger charge is 2.11. The minimum Gasteiger partial charge on any atom is -0.395 e. The highest BCUT2D eigenvalue weighted by molar-refractivity contribution is 5.98. The van der Waals surface area contributed by atoms with Crippen LogP contribution in [0.2, 0.25) is 0 Å². The van der Waals surface area contributed by atoms with Crippen molar-refractivity contribution in [2.75, 3.05) is 13.2 Å².